The van der Waals surface area contributed by atoms with Crippen LogP contribution in [0.4, 0.5) is 18.9 Å². The summed E-state index contributed by atoms with van der Waals surface area (Å²) in [4.78, 5) is 26.1. The second-order valence-electron chi connectivity index (χ2n) is 5.68. The van der Waals surface area contributed by atoms with Crippen LogP contribution in [0.2, 0.25) is 0 Å². The molecule has 5 nitrogen and oxygen atoms in total. The number of ether oxygens (including phenoxy) is 1. The van der Waals surface area contributed by atoms with Gasteiger partial charge in [-0.05, 0) is 36.4 Å². The van der Waals surface area contributed by atoms with Crippen LogP contribution in [-0.2, 0) is 11.0 Å². The highest BCUT2D eigenvalue weighted by molar-refractivity contribution is 6.07. The van der Waals surface area contributed by atoms with Crippen molar-refractivity contribution in [3.8, 4) is 5.75 Å². The van der Waals surface area contributed by atoms with Gasteiger partial charge in [0.1, 0.15) is 5.75 Å². The number of hydrogen-bond donors (Lipinski definition) is 1. The van der Waals surface area contributed by atoms with E-state index in [4.69, 9.17) is 4.74 Å². The summed E-state index contributed by atoms with van der Waals surface area (Å²) < 4.78 is 43.7. The number of amides is 2. The SMILES string of the molecule is CNC(=O)[C@H]1CN(C(=O)c2ccc(C(F)(F)F)cc2)c2ccccc2O1. The third kappa shape index (κ3) is 3.35. The molecule has 1 aliphatic rings. The van der Waals surface area contributed by atoms with Gasteiger partial charge in [0.15, 0.2) is 6.10 Å². The molecule has 2 aromatic rings. The molecule has 0 saturated heterocycles. The molecule has 0 radical (unpaired) electrons. The Bertz CT molecular complexity index is 834. The first kappa shape index (κ1) is 17.8. The van der Waals surface area contributed by atoms with Gasteiger partial charge in [-0.3, -0.25) is 9.59 Å². The number of rotatable bonds is 2. The quantitative estimate of drug-likeness (QED) is 0.892. The van der Waals surface area contributed by atoms with E-state index in [0.29, 0.717) is 11.4 Å². The molecule has 0 unspecified atom stereocenters. The molecular weight excluding hydrogens is 349 g/mol. The van der Waals surface area contributed by atoms with Crippen molar-refractivity contribution in [1.82, 2.24) is 5.32 Å². The lowest BCUT2D eigenvalue weighted by Crippen LogP contribution is -2.50. The van der Waals surface area contributed by atoms with Crippen LogP contribution in [0.15, 0.2) is 48.5 Å². The predicted molar refractivity (Wildman–Crippen MR) is 88.0 cm³/mol. The molecule has 1 atom stereocenters. The summed E-state index contributed by atoms with van der Waals surface area (Å²) in [5, 5.41) is 2.46. The minimum absolute atomic E-state index is 0.0451. The molecule has 0 bridgehead atoms. The molecule has 136 valence electrons. The number of hydrogen-bond acceptors (Lipinski definition) is 3. The Balaban J connectivity index is 1.93. The van der Waals surface area contributed by atoms with Gasteiger partial charge in [-0.25, -0.2) is 0 Å². The monoisotopic (exact) mass is 364 g/mol. The van der Waals surface area contributed by atoms with Gasteiger partial charge in [0, 0.05) is 12.6 Å². The third-order valence-electron chi connectivity index (χ3n) is 4.02. The molecule has 3 rings (SSSR count). The fourth-order valence-corrected chi connectivity index (χ4v) is 2.68. The number of likely N-dealkylation sites (N-methyl/N-ethyl adjacent to an activating group) is 1. The molecule has 8 heteroatoms. The fraction of sp³-hybridized carbons (Fsp3) is 0.222. The average Bonchev–Trinajstić information content (AvgIpc) is 2.65. The van der Waals surface area contributed by atoms with E-state index in [1.807, 2.05) is 0 Å². The molecule has 1 N–H and O–H groups in total. The minimum atomic E-state index is -4.47. The lowest BCUT2D eigenvalue weighted by Gasteiger charge is -2.34. The summed E-state index contributed by atoms with van der Waals surface area (Å²) in [5.41, 5.74) is -0.289. The number of carbonyl (C=O) groups excluding carboxylic acids is 2. The zero-order valence-electron chi connectivity index (χ0n) is 13.7. The van der Waals surface area contributed by atoms with Crippen molar-refractivity contribution in [3.63, 3.8) is 0 Å². The topological polar surface area (TPSA) is 58.6 Å². The van der Waals surface area contributed by atoms with Crippen molar-refractivity contribution in [3.05, 3.63) is 59.7 Å². The number of para-hydroxylation sites is 2. The lowest BCUT2D eigenvalue weighted by molar-refractivity contribution is -0.137. The van der Waals surface area contributed by atoms with E-state index >= 15 is 0 Å². The number of alkyl halides is 3. The molecule has 0 aliphatic carbocycles. The van der Waals surface area contributed by atoms with E-state index in [9.17, 15) is 22.8 Å². The van der Waals surface area contributed by atoms with Gasteiger partial charge in [0.2, 0.25) is 0 Å². The van der Waals surface area contributed by atoms with Crippen molar-refractivity contribution >= 4 is 17.5 Å². The largest absolute Gasteiger partial charge is 0.477 e. The molecule has 0 aromatic heterocycles. The first-order chi connectivity index (χ1) is 12.3. The summed E-state index contributed by atoms with van der Waals surface area (Å²) in [6, 6.07) is 10.6. The Morgan fingerprint density at radius 2 is 1.77 bits per heavy atom. The first-order valence-electron chi connectivity index (χ1n) is 7.77. The van der Waals surface area contributed by atoms with E-state index in [2.05, 4.69) is 5.32 Å². The van der Waals surface area contributed by atoms with Crippen molar-refractivity contribution in [2.24, 2.45) is 0 Å². The van der Waals surface area contributed by atoms with Crippen LogP contribution >= 0.6 is 0 Å². The standard InChI is InChI=1S/C18H15F3N2O3/c1-22-16(24)15-10-23(13-4-2-3-5-14(13)26-15)17(25)11-6-8-12(9-7-11)18(19,20)21/h2-9,15H,10H2,1H3,(H,22,24)/t15-/m1/s1. The highest BCUT2D eigenvalue weighted by Crippen LogP contribution is 2.34. The van der Waals surface area contributed by atoms with Gasteiger partial charge in [0.05, 0.1) is 17.8 Å². The Kier molecular flexibility index (Phi) is 4.58. The Morgan fingerprint density at radius 1 is 1.12 bits per heavy atom. The number of anilines is 1. The van der Waals surface area contributed by atoms with Gasteiger partial charge in [-0.2, -0.15) is 13.2 Å². The maximum absolute atomic E-state index is 12.8. The van der Waals surface area contributed by atoms with Crippen LogP contribution in [0.25, 0.3) is 0 Å². The fourth-order valence-electron chi connectivity index (χ4n) is 2.68. The van der Waals surface area contributed by atoms with Crippen LogP contribution in [0.3, 0.4) is 0 Å². The third-order valence-corrected chi connectivity index (χ3v) is 4.02. The minimum Gasteiger partial charge on any atom is -0.477 e. The molecule has 26 heavy (non-hydrogen) atoms. The molecule has 0 saturated carbocycles. The second-order valence-corrected chi connectivity index (χ2v) is 5.68. The van der Waals surface area contributed by atoms with Crippen LogP contribution in [0.5, 0.6) is 5.75 Å². The van der Waals surface area contributed by atoms with E-state index in [1.54, 1.807) is 24.3 Å². The Hall–Kier alpha value is -3.03. The van der Waals surface area contributed by atoms with Gasteiger partial charge in [-0.15, -0.1) is 0 Å². The molecule has 2 amide bonds. The van der Waals surface area contributed by atoms with Crippen LogP contribution in [-0.4, -0.2) is 31.5 Å². The van der Waals surface area contributed by atoms with Crippen molar-refractivity contribution in [1.29, 1.82) is 0 Å². The molecule has 0 fully saturated rings. The van der Waals surface area contributed by atoms with Crippen molar-refractivity contribution < 1.29 is 27.5 Å². The van der Waals surface area contributed by atoms with Gasteiger partial charge in [-0.1, -0.05) is 12.1 Å². The smallest absolute Gasteiger partial charge is 0.416 e. The second kappa shape index (κ2) is 6.70. The first-order valence-corrected chi connectivity index (χ1v) is 7.77. The van der Waals surface area contributed by atoms with Crippen LogP contribution in [0.1, 0.15) is 15.9 Å². The normalized spacial score (nSPS) is 16.5. The highest BCUT2D eigenvalue weighted by Gasteiger charge is 2.34. The zero-order valence-corrected chi connectivity index (χ0v) is 13.7. The summed E-state index contributed by atoms with van der Waals surface area (Å²) in [6.07, 6.45) is -5.38. The Morgan fingerprint density at radius 3 is 2.38 bits per heavy atom. The van der Waals surface area contributed by atoms with E-state index < -0.39 is 29.7 Å². The molecule has 0 spiro atoms. The number of fused-ring (bicyclic) bond motifs is 1. The van der Waals surface area contributed by atoms with E-state index in [0.717, 1.165) is 24.3 Å². The molecule has 2 aromatic carbocycles. The maximum atomic E-state index is 12.8. The number of nitrogens with one attached hydrogen (secondary N) is 1. The summed E-state index contributed by atoms with van der Waals surface area (Å²) >= 11 is 0. The zero-order chi connectivity index (χ0) is 18.9. The van der Waals surface area contributed by atoms with E-state index in [1.165, 1.54) is 11.9 Å². The summed E-state index contributed by atoms with van der Waals surface area (Å²) in [7, 11) is 1.45. The summed E-state index contributed by atoms with van der Waals surface area (Å²) in [6.45, 7) is -0.0451. The number of nitrogens with zero attached hydrogens (tertiary/aromatic N) is 1. The predicted octanol–water partition coefficient (Wildman–Crippen LogP) is 2.86. The van der Waals surface area contributed by atoms with Gasteiger partial charge in [0.25, 0.3) is 11.8 Å². The molecular formula is C18H15F3N2O3. The van der Waals surface area contributed by atoms with Gasteiger partial charge < -0.3 is 15.0 Å². The van der Waals surface area contributed by atoms with Crippen molar-refractivity contribution in [2.75, 3.05) is 18.5 Å². The average molecular weight is 364 g/mol. The van der Waals surface area contributed by atoms with Crippen molar-refractivity contribution in [2.45, 2.75) is 12.3 Å². The summed E-state index contributed by atoms with van der Waals surface area (Å²) in [5.74, 6) is -0.555. The Labute approximate surface area is 147 Å². The number of benzene rings is 2. The number of halogens is 3. The van der Waals surface area contributed by atoms with Crippen LogP contribution < -0.4 is 15.0 Å². The molecule has 1 aliphatic heterocycles. The lowest BCUT2D eigenvalue weighted by atomic mass is 10.1. The van der Waals surface area contributed by atoms with Crippen LogP contribution in [0, 0.1) is 0 Å². The number of carbonyl (C=O) groups is 2. The van der Waals surface area contributed by atoms with E-state index in [-0.39, 0.29) is 12.1 Å². The van der Waals surface area contributed by atoms with Gasteiger partial charge >= 0.3 is 6.18 Å². The maximum Gasteiger partial charge on any atom is 0.416 e. The highest BCUT2D eigenvalue weighted by atomic mass is 19.4. The molecule has 1 heterocycles.